The van der Waals surface area contributed by atoms with Crippen LogP contribution in [0.1, 0.15) is 31.9 Å². The zero-order chi connectivity index (χ0) is 32.3. The Bertz CT molecular complexity index is 1490. The number of thiol groups is 1. The molecule has 0 spiro atoms. The molecule has 230 valence electrons. The minimum absolute atomic E-state index is 0.0297. The first kappa shape index (κ1) is 34.0. The van der Waals surface area contributed by atoms with E-state index in [0.717, 1.165) is 17.4 Å². The average molecular weight is 635 g/mol. The highest BCUT2D eigenvalue weighted by molar-refractivity contribution is 8.15. The quantitative estimate of drug-likeness (QED) is 0.298. The Morgan fingerprint density at radius 3 is 2.11 bits per heavy atom. The molecule has 11 nitrogen and oxygen atoms in total. The van der Waals surface area contributed by atoms with Crippen LogP contribution in [-0.2, 0) is 9.59 Å². The van der Waals surface area contributed by atoms with Gasteiger partial charge in [-0.3, -0.25) is 19.2 Å². The number of nitrogens with one attached hydrogen (secondary N) is 2. The van der Waals surface area contributed by atoms with E-state index < -0.39 is 22.1 Å². The van der Waals surface area contributed by atoms with E-state index in [0.29, 0.717) is 17.1 Å². The van der Waals surface area contributed by atoms with Crippen molar-refractivity contribution in [2.45, 2.75) is 31.2 Å². The number of methoxy groups -OCH3 is 1. The third-order valence-electron chi connectivity index (χ3n) is 6.65. The highest BCUT2D eigenvalue weighted by Crippen LogP contribution is 2.54. The van der Waals surface area contributed by atoms with E-state index in [9.17, 15) is 24.4 Å². The van der Waals surface area contributed by atoms with Gasteiger partial charge in [0.2, 0.25) is 11.8 Å². The van der Waals surface area contributed by atoms with Crippen molar-refractivity contribution in [1.29, 1.82) is 5.26 Å². The van der Waals surface area contributed by atoms with Crippen molar-refractivity contribution in [2.24, 2.45) is 5.92 Å². The molecule has 44 heavy (non-hydrogen) atoms. The summed E-state index contributed by atoms with van der Waals surface area (Å²) in [6.07, 6.45) is 1.57. The number of hydrogen-bond donors (Lipinski definition) is 3. The Morgan fingerprint density at radius 2 is 1.61 bits per heavy atom. The number of carbonyl (C=O) groups is 4. The summed E-state index contributed by atoms with van der Waals surface area (Å²) in [7, 11) is 3.02. The van der Waals surface area contributed by atoms with Gasteiger partial charge in [0.25, 0.3) is 16.4 Å². The smallest absolute Gasteiger partial charge is 0.286 e. The van der Waals surface area contributed by atoms with Crippen LogP contribution in [0.4, 0.5) is 21.0 Å². The molecule has 2 N–H and O–H groups in total. The van der Waals surface area contributed by atoms with E-state index in [2.05, 4.69) is 34.3 Å². The number of hydrogen-bond acceptors (Lipinski definition) is 8. The molecule has 2 aromatic carbocycles. The molecule has 5 rings (SSSR count). The van der Waals surface area contributed by atoms with Gasteiger partial charge in [0.1, 0.15) is 0 Å². The summed E-state index contributed by atoms with van der Waals surface area (Å²) in [5.41, 5.74) is 1.94. The maximum atomic E-state index is 13.4. The molecular weight excluding hydrogens is 601 g/mol. The molecule has 1 unspecified atom stereocenters. The normalized spacial score (nSPS) is 20.1. The number of benzene rings is 2. The van der Waals surface area contributed by atoms with E-state index >= 15 is 0 Å². The van der Waals surface area contributed by atoms with Crippen molar-refractivity contribution < 1.29 is 23.9 Å². The van der Waals surface area contributed by atoms with Crippen molar-refractivity contribution in [1.82, 2.24) is 14.8 Å². The number of carbonyl (C=O) groups excluding carboxylic acids is 4. The molecule has 13 heteroatoms. The van der Waals surface area contributed by atoms with Gasteiger partial charge < -0.3 is 25.2 Å². The molecule has 2 aliphatic rings. The second kappa shape index (κ2) is 15.8. The number of ether oxygens (including phenoxy) is 1. The predicted molar refractivity (Wildman–Crippen MR) is 173 cm³/mol. The van der Waals surface area contributed by atoms with Gasteiger partial charge in [0.15, 0.2) is 4.87 Å². The lowest BCUT2D eigenvalue weighted by atomic mass is 9.95. The summed E-state index contributed by atoms with van der Waals surface area (Å²) in [6.45, 7) is 3.87. The van der Waals surface area contributed by atoms with Gasteiger partial charge in [0, 0.05) is 37.1 Å². The minimum Gasteiger partial charge on any atom is -0.481 e. The van der Waals surface area contributed by atoms with Crippen LogP contribution in [0.5, 0.6) is 5.88 Å². The lowest BCUT2D eigenvalue weighted by Gasteiger charge is -2.45. The molecule has 3 aromatic rings. The number of para-hydroxylation sites is 2. The zero-order valence-corrected chi connectivity index (χ0v) is 26.5. The monoisotopic (exact) mass is 634 g/mol. The van der Waals surface area contributed by atoms with Crippen LogP contribution in [0.25, 0.3) is 0 Å². The highest BCUT2D eigenvalue weighted by atomic mass is 32.2. The maximum Gasteiger partial charge on any atom is 0.286 e. The minimum atomic E-state index is -1.52. The maximum absolute atomic E-state index is 13.4. The van der Waals surface area contributed by atoms with Crippen molar-refractivity contribution in [3.05, 3.63) is 84.6 Å². The number of anilines is 2. The second-order valence-corrected chi connectivity index (χ2v) is 11.1. The number of thioether (sulfide) groups is 1. The molecule has 2 aliphatic heterocycles. The Morgan fingerprint density at radius 1 is 1.02 bits per heavy atom. The number of pyridine rings is 1. The summed E-state index contributed by atoms with van der Waals surface area (Å²) in [5.74, 6) is -1.01. The SMILES string of the molecule is CC.COc1ccc([C@H]2C(C#N)C[C@]3(SC(=O)Nc4ccccc4)C(=O)N(C)CC(=O)N23)cn1.O=C(S)Nc1ccccc1. The fraction of sp³-hybridized carbons (Fsp3) is 0.290. The molecule has 3 heterocycles. The topological polar surface area (TPSA) is 145 Å². The van der Waals surface area contributed by atoms with Gasteiger partial charge in [-0.05, 0) is 41.6 Å². The summed E-state index contributed by atoms with van der Waals surface area (Å²) >= 11 is 4.30. The lowest BCUT2D eigenvalue weighted by Crippen LogP contribution is -2.63. The third-order valence-corrected chi connectivity index (χ3v) is 7.92. The van der Waals surface area contributed by atoms with Crippen LogP contribution < -0.4 is 15.4 Å². The molecule has 2 fully saturated rings. The first-order valence-corrected chi connectivity index (χ1v) is 15.0. The van der Waals surface area contributed by atoms with Crippen LogP contribution in [-0.4, -0.2) is 62.6 Å². The number of aromatic nitrogens is 1. The Kier molecular flexibility index (Phi) is 12.2. The number of likely N-dealkylation sites (N-methyl/N-ethyl adjacent to an activating group) is 1. The number of fused-ring (bicyclic) bond motifs is 1. The first-order chi connectivity index (χ1) is 21.2. The van der Waals surface area contributed by atoms with Gasteiger partial charge in [-0.15, -0.1) is 0 Å². The van der Waals surface area contributed by atoms with Crippen molar-refractivity contribution in [3.8, 4) is 11.9 Å². The van der Waals surface area contributed by atoms with Crippen LogP contribution >= 0.6 is 24.4 Å². The molecule has 0 saturated carbocycles. The molecule has 2 saturated heterocycles. The predicted octanol–water partition coefficient (Wildman–Crippen LogP) is 5.81. The fourth-order valence-corrected chi connectivity index (χ4v) is 6.32. The molecule has 0 radical (unpaired) electrons. The number of nitriles is 1. The number of rotatable bonds is 5. The van der Waals surface area contributed by atoms with Gasteiger partial charge >= 0.3 is 0 Å². The highest BCUT2D eigenvalue weighted by Gasteiger charge is 2.63. The van der Waals surface area contributed by atoms with Crippen molar-refractivity contribution in [3.63, 3.8) is 0 Å². The van der Waals surface area contributed by atoms with Crippen LogP contribution in [0, 0.1) is 17.2 Å². The Labute approximate surface area is 266 Å². The largest absolute Gasteiger partial charge is 0.481 e. The number of amides is 4. The fourth-order valence-electron chi connectivity index (χ4n) is 4.89. The van der Waals surface area contributed by atoms with Crippen LogP contribution in [0.2, 0.25) is 0 Å². The number of piperazine rings is 1. The van der Waals surface area contributed by atoms with Crippen LogP contribution in [0.15, 0.2) is 79.0 Å². The van der Waals surface area contributed by atoms with E-state index in [1.807, 2.05) is 38.1 Å². The third kappa shape index (κ3) is 7.89. The Hall–Kier alpha value is -4.54. The molecule has 3 atom stereocenters. The Balaban J connectivity index is 0.000000372. The van der Waals surface area contributed by atoms with E-state index in [-0.39, 0.29) is 30.0 Å². The summed E-state index contributed by atoms with van der Waals surface area (Å²) in [6, 6.07) is 22.9. The first-order valence-electron chi connectivity index (χ1n) is 13.8. The summed E-state index contributed by atoms with van der Waals surface area (Å²) < 4.78 is 5.10. The van der Waals surface area contributed by atoms with Gasteiger partial charge in [-0.25, -0.2) is 4.98 Å². The molecule has 0 bridgehead atoms. The van der Waals surface area contributed by atoms with Crippen molar-refractivity contribution in [2.75, 3.05) is 31.3 Å². The second-order valence-electron chi connectivity index (χ2n) is 9.40. The summed E-state index contributed by atoms with van der Waals surface area (Å²) in [4.78, 5) is 55.3. The van der Waals surface area contributed by atoms with Crippen molar-refractivity contribution >= 4 is 58.1 Å². The van der Waals surface area contributed by atoms with Crippen LogP contribution in [0.3, 0.4) is 0 Å². The van der Waals surface area contributed by atoms with E-state index in [1.165, 1.54) is 30.2 Å². The summed E-state index contributed by atoms with van der Waals surface area (Å²) in [5, 5.41) is 14.4. The molecule has 4 amide bonds. The standard InChI is InChI=1S/C22H21N5O4S.C7H7NOS.C2H6/c1-26-13-18(28)27-19(14-8-9-17(31-2)24-12-14)15(11-23)10-22(27,20(26)29)32-21(30)25-16-6-4-3-5-7-16;9-7(10)8-6-4-2-1-3-5-6;1-2/h3-9,12,15,19H,10,13H2,1-2H3,(H,25,30);1-5H,(H2,8,9,10);1-2H3/t15?,19-,22-;;/m0../s1. The van der Waals surface area contributed by atoms with E-state index in [4.69, 9.17) is 4.74 Å². The molecule has 0 aliphatic carbocycles. The lowest BCUT2D eigenvalue weighted by molar-refractivity contribution is -0.156. The zero-order valence-electron chi connectivity index (χ0n) is 24.8. The molecule has 1 aromatic heterocycles. The molecular formula is C31H34N6O5S2. The van der Waals surface area contributed by atoms with Gasteiger partial charge in [-0.2, -0.15) is 5.26 Å². The van der Waals surface area contributed by atoms with Gasteiger partial charge in [-0.1, -0.05) is 68.9 Å². The number of nitrogens with zero attached hydrogens (tertiary/aromatic N) is 4. The van der Waals surface area contributed by atoms with Gasteiger partial charge in [0.05, 0.1) is 31.7 Å². The van der Waals surface area contributed by atoms with E-state index in [1.54, 1.807) is 48.5 Å². The average Bonchev–Trinajstić information content (AvgIpc) is 3.37.